The standard InChI is InChI=1S/C20H34O2/c1-15-7-6-8-16(2)11-12-20(22)14-13-19(5,21)17(10-9-15)18(20,3)4/h7,11,17,21-22H,6,8-10,12-14H2,1-5H3/b15-7+,16-11+/t17-,19-,20-/m1/s1. The van der Waals surface area contributed by atoms with E-state index in [1.165, 1.54) is 11.1 Å². The predicted octanol–water partition coefficient (Wildman–Crippen LogP) is 4.76. The van der Waals surface area contributed by atoms with Crippen LogP contribution in [0.15, 0.2) is 23.3 Å². The monoisotopic (exact) mass is 306 g/mol. The van der Waals surface area contributed by atoms with Crippen molar-refractivity contribution >= 4 is 0 Å². The molecule has 0 spiro atoms. The first-order chi connectivity index (χ1) is 10.1. The zero-order chi connectivity index (χ0) is 16.6. The van der Waals surface area contributed by atoms with Crippen molar-refractivity contribution in [3.63, 3.8) is 0 Å². The van der Waals surface area contributed by atoms with E-state index in [4.69, 9.17) is 0 Å². The lowest BCUT2D eigenvalue weighted by Crippen LogP contribution is -2.60. The Hall–Kier alpha value is -0.600. The molecule has 2 aliphatic carbocycles. The molecule has 2 N–H and O–H groups in total. The highest BCUT2D eigenvalue weighted by atomic mass is 16.3. The zero-order valence-electron chi connectivity index (χ0n) is 15.1. The van der Waals surface area contributed by atoms with Gasteiger partial charge in [-0.05, 0) is 77.0 Å². The molecule has 0 heterocycles. The average molecular weight is 306 g/mol. The number of allylic oxidation sites excluding steroid dienone is 3. The molecular weight excluding hydrogens is 272 g/mol. The second kappa shape index (κ2) is 6.13. The van der Waals surface area contributed by atoms with E-state index < -0.39 is 11.2 Å². The van der Waals surface area contributed by atoms with Crippen molar-refractivity contribution in [1.29, 1.82) is 0 Å². The fourth-order valence-corrected chi connectivity index (χ4v) is 4.56. The molecule has 126 valence electrons. The third-order valence-electron chi connectivity index (χ3n) is 6.51. The van der Waals surface area contributed by atoms with Gasteiger partial charge in [-0.1, -0.05) is 37.1 Å². The first kappa shape index (κ1) is 17.7. The van der Waals surface area contributed by atoms with Gasteiger partial charge in [-0.15, -0.1) is 0 Å². The number of rotatable bonds is 0. The molecule has 0 amide bonds. The maximum absolute atomic E-state index is 11.4. The fraction of sp³-hybridized carbons (Fsp3) is 0.800. The third-order valence-corrected chi connectivity index (χ3v) is 6.51. The number of aliphatic hydroxyl groups is 2. The van der Waals surface area contributed by atoms with Gasteiger partial charge in [-0.25, -0.2) is 0 Å². The molecule has 1 fully saturated rings. The Kier molecular flexibility index (Phi) is 4.94. The van der Waals surface area contributed by atoms with Gasteiger partial charge in [0.2, 0.25) is 0 Å². The van der Waals surface area contributed by atoms with E-state index in [-0.39, 0.29) is 11.3 Å². The maximum Gasteiger partial charge on any atom is 0.0737 e. The molecule has 0 aliphatic heterocycles. The van der Waals surface area contributed by atoms with E-state index >= 15 is 0 Å². The quantitative estimate of drug-likeness (QED) is 0.633. The molecule has 0 radical (unpaired) electrons. The minimum absolute atomic E-state index is 0.121. The van der Waals surface area contributed by atoms with Gasteiger partial charge in [0.25, 0.3) is 0 Å². The molecule has 3 atom stereocenters. The molecule has 2 rings (SSSR count). The lowest BCUT2D eigenvalue weighted by atomic mass is 9.52. The predicted molar refractivity (Wildman–Crippen MR) is 92.7 cm³/mol. The van der Waals surface area contributed by atoms with E-state index in [9.17, 15) is 10.2 Å². The van der Waals surface area contributed by atoms with Crippen LogP contribution in [0.3, 0.4) is 0 Å². The van der Waals surface area contributed by atoms with E-state index in [0.29, 0.717) is 19.3 Å². The van der Waals surface area contributed by atoms with Crippen LogP contribution in [0.5, 0.6) is 0 Å². The minimum atomic E-state index is -0.710. The van der Waals surface area contributed by atoms with Gasteiger partial charge in [0.1, 0.15) is 0 Å². The molecular formula is C20H34O2. The second-order valence-electron chi connectivity index (χ2n) is 8.55. The summed E-state index contributed by atoms with van der Waals surface area (Å²) in [5.74, 6) is 0.121. The van der Waals surface area contributed by atoms with E-state index in [1.54, 1.807) is 0 Å². The van der Waals surface area contributed by atoms with Gasteiger partial charge >= 0.3 is 0 Å². The molecule has 2 aliphatic rings. The van der Waals surface area contributed by atoms with Crippen LogP contribution in [0.1, 0.15) is 79.6 Å². The largest absolute Gasteiger partial charge is 0.390 e. The van der Waals surface area contributed by atoms with Gasteiger partial charge in [0, 0.05) is 0 Å². The molecule has 0 aromatic rings. The summed E-state index contributed by atoms with van der Waals surface area (Å²) >= 11 is 0. The van der Waals surface area contributed by atoms with Crippen LogP contribution < -0.4 is 0 Å². The lowest BCUT2D eigenvalue weighted by Gasteiger charge is -2.57. The summed E-state index contributed by atoms with van der Waals surface area (Å²) in [6, 6.07) is 0. The van der Waals surface area contributed by atoms with Gasteiger partial charge in [-0.2, -0.15) is 0 Å². The van der Waals surface area contributed by atoms with Crippen molar-refractivity contribution in [3.05, 3.63) is 23.3 Å². The van der Waals surface area contributed by atoms with Crippen LogP contribution in [0.25, 0.3) is 0 Å². The van der Waals surface area contributed by atoms with Gasteiger partial charge < -0.3 is 10.2 Å². The van der Waals surface area contributed by atoms with Crippen LogP contribution in [-0.2, 0) is 0 Å². The third kappa shape index (κ3) is 3.33. The topological polar surface area (TPSA) is 40.5 Å². The zero-order valence-corrected chi connectivity index (χ0v) is 15.1. The van der Waals surface area contributed by atoms with Crippen molar-refractivity contribution in [2.75, 3.05) is 0 Å². The lowest BCUT2D eigenvalue weighted by molar-refractivity contribution is -0.197. The number of hydrogen-bond acceptors (Lipinski definition) is 2. The Bertz CT molecular complexity index is 470. The highest BCUT2D eigenvalue weighted by Gasteiger charge is 2.56. The van der Waals surface area contributed by atoms with Crippen molar-refractivity contribution in [2.24, 2.45) is 11.3 Å². The van der Waals surface area contributed by atoms with Crippen LogP contribution in [0.2, 0.25) is 0 Å². The maximum atomic E-state index is 11.4. The van der Waals surface area contributed by atoms with Crippen molar-refractivity contribution < 1.29 is 10.2 Å². The summed E-state index contributed by atoms with van der Waals surface area (Å²) in [4.78, 5) is 0. The summed E-state index contributed by atoms with van der Waals surface area (Å²) in [6.45, 7) is 10.6. The van der Waals surface area contributed by atoms with E-state index in [2.05, 4.69) is 39.8 Å². The molecule has 2 bridgehead atoms. The molecule has 2 nitrogen and oxygen atoms in total. The normalized spacial score (nSPS) is 44.8. The van der Waals surface area contributed by atoms with Gasteiger partial charge in [0.15, 0.2) is 0 Å². The first-order valence-corrected chi connectivity index (χ1v) is 8.84. The summed E-state index contributed by atoms with van der Waals surface area (Å²) in [5.41, 5.74) is 1.10. The molecule has 0 saturated heterocycles. The average Bonchev–Trinajstić information content (AvgIpc) is 2.40. The van der Waals surface area contributed by atoms with Gasteiger partial charge in [-0.3, -0.25) is 0 Å². The molecule has 22 heavy (non-hydrogen) atoms. The van der Waals surface area contributed by atoms with E-state index in [0.717, 1.165) is 25.7 Å². The van der Waals surface area contributed by atoms with Crippen molar-refractivity contribution in [3.8, 4) is 0 Å². The smallest absolute Gasteiger partial charge is 0.0737 e. The van der Waals surface area contributed by atoms with Crippen molar-refractivity contribution in [1.82, 2.24) is 0 Å². The number of fused-ring (bicyclic) bond motifs is 2. The summed E-state index contributed by atoms with van der Waals surface area (Å²) < 4.78 is 0. The molecule has 0 unspecified atom stereocenters. The summed E-state index contributed by atoms with van der Waals surface area (Å²) in [5, 5.41) is 22.3. The number of hydrogen-bond donors (Lipinski definition) is 2. The van der Waals surface area contributed by atoms with Crippen LogP contribution in [0, 0.1) is 11.3 Å². The van der Waals surface area contributed by atoms with Gasteiger partial charge in [0.05, 0.1) is 11.2 Å². The Morgan fingerprint density at radius 3 is 2.27 bits per heavy atom. The molecule has 2 heteroatoms. The highest BCUT2D eigenvalue weighted by molar-refractivity contribution is 5.14. The summed E-state index contributed by atoms with van der Waals surface area (Å²) in [6.07, 6.45) is 10.8. The Morgan fingerprint density at radius 1 is 0.955 bits per heavy atom. The Labute approximate surface area is 136 Å². The molecule has 0 aromatic carbocycles. The molecule has 0 aromatic heterocycles. The van der Waals surface area contributed by atoms with Crippen LogP contribution >= 0.6 is 0 Å². The fourth-order valence-electron chi connectivity index (χ4n) is 4.56. The first-order valence-electron chi connectivity index (χ1n) is 8.84. The van der Waals surface area contributed by atoms with Crippen LogP contribution in [-0.4, -0.2) is 21.4 Å². The van der Waals surface area contributed by atoms with Crippen molar-refractivity contribution in [2.45, 2.75) is 90.8 Å². The van der Waals surface area contributed by atoms with Crippen LogP contribution in [0.4, 0.5) is 0 Å². The molecule has 1 saturated carbocycles. The Balaban J connectivity index is 2.40. The summed E-state index contributed by atoms with van der Waals surface area (Å²) in [7, 11) is 0. The van der Waals surface area contributed by atoms with E-state index in [1.807, 2.05) is 6.92 Å². The SMILES string of the molecule is C/C1=C\C[C@@]2(O)CC[C@@](C)(O)[C@H](CC/C(C)=C/CC1)C2(C)C. The Morgan fingerprint density at radius 2 is 1.59 bits per heavy atom. The minimum Gasteiger partial charge on any atom is -0.390 e. The second-order valence-corrected chi connectivity index (χ2v) is 8.55. The highest BCUT2D eigenvalue weighted by Crippen LogP contribution is 2.55.